The van der Waals surface area contributed by atoms with E-state index in [-0.39, 0.29) is 18.4 Å². The number of ether oxygens (including phenoxy) is 2. The molecule has 8 nitrogen and oxygen atoms in total. The molecule has 4 aliphatic rings. The molecule has 0 bridgehead atoms. The van der Waals surface area contributed by atoms with Crippen LogP contribution in [0.4, 0.5) is 0 Å². The zero-order chi connectivity index (χ0) is 20.5. The van der Waals surface area contributed by atoms with Crippen LogP contribution in [0.2, 0.25) is 0 Å². The summed E-state index contributed by atoms with van der Waals surface area (Å²) >= 11 is 0. The first-order chi connectivity index (χ1) is 13.1. The molecule has 2 heterocycles. The lowest BCUT2D eigenvalue weighted by atomic mass is 9.45. The van der Waals surface area contributed by atoms with E-state index in [9.17, 15) is 24.6 Å². The molecule has 2 aliphatic carbocycles. The highest BCUT2D eigenvalue weighted by Gasteiger charge is 2.73. The molecule has 0 amide bonds. The second-order valence-electron chi connectivity index (χ2n) is 8.42. The third-order valence-electron chi connectivity index (χ3n) is 7.14. The predicted molar refractivity (Wildman–Crippen MR) is 93.7 cm³/mol. The summed E-state index contributed by atoms with van der Waals surface area (Å²) in [5, 5.41) is 30.1. The molecular formula is C20H22O8. The number of esters is 2. The molecule has 6 atom stereocenters. The number of rotatable bonds is 3. The van der Waals surface area contributed by atoms with Gasteiger partial charge >= 0.3 is 17.9 Å². The molecule has 2 aliphatic heterocycles. The maximum atomic E-state index is 12.9. The Morgan fingerprint density at radius 2 is 2.00 bits per heavy atom. The van der Waals surface area contributed by atoms with E-state index in [0.717, 1.165) is 6.08 Å². The fourth-order valence-corrected chi connectivity index (χ4v) is 5.54. The smallest absolute Gasteiger partial charge is 0.339 e. The largest absolute Gasteiger partial charge is 0.478 e. The SMILES string of the molecule is C[C@@]12C3=CC=C[C@@H]1[C@]1(C)C[C@@H](/C(=C/C(=O)O)CO)OC(=O)[C@]1(O)C[C@@H]2OC3=O. The van der Waals surface area contributed by atoms with Crippen molar-refractivity contribution in [3.05, 3.63) is 35.5 Å². The number of hydrogen-bond donors (Lipinski definition) is 3. The van der Waals surface area contributed by atoms with Crippen LogP contribution in [0.5, 0.6) is 0 Å². The van der Waals surface area contributed by atoms with Gasteiger partial charge in [0.05, 0.1) is 6.61 Å². The van der Waals surface area contributed by atoms with Gasteiger partial charge < -0.3 is 24.8 Å². The van der Waals surface area contributed by atoms with E-state index in [2.05, 4.69) is 0 Å². The molecule has 0 radical (unpaired) electrons. The molecule has 150 valence electrons. The van der Waals surface area contributed by atoms with Crippen molar-refractivity contribution in [2.24, 2.45) is 16.7 Å². The number of carbonyl (C=O) groups is 3. The average Bonchev–Trinajstić information content (AvgIpc) is 2.86. The third kappa shape index (κ3) is 2.15. The summed E-state index contributed by atoms with van der Waals surface area (Å²) in [4.78, 5) is 36.3. The van der Waals surface area contributed by atoms with E-state index < -0.39 is 59.1 Å². The van der Waals surface area contributed by atoms with Gasteiger partial charge in [-0.15, -0.1) is 0 Å². The van der Waals surface area contributed by atoms with Crippen LogP contribution in [0, 0.1) is 16.7 Å². The number of cyclic esters (lactones) is 1. The molecule has 4 rings (SSSR count). The normalized spacial score (nSPS) is 44.2. The van der Waals surface area contributed by atoms with Crippen LogP contribution in [0.1, 0.15) is 26.7 Å². The first kappa shape index (κ1) is 18.9. The van der Waals surface area contributed by atoms with Gasteiger partial charge in [0.15, 0.2) is 5.60 Å². The second kappa shape index (κ2) is 5.78. The fourth-order valence-electron chi connectivity index (χ4n) is 5.54. The summed E-state index contributed by atoms with van der Waals surface area (Å²) < 4.78 is 10.9. The first-order valence-corrected chi connectivity index (χ1v) is 9.15. The van der Waals surface area contributed by atoms with Crippen molar-refractivity contribution >= 4 is 17.9 Å². The maximum Gasteiger partial charge on any atom is 0.339 e. The Balaban J connectivity index is 1.82. The van der Waals surface area contributed by atoms with Crippen LogP contribution < -0.4 is 0 Å². The molecule has 2 saturated heterocycles. The minimum atomic E-state index is -1.90. The lowest BCUT2D eigenvalue weighted by Gasteiger charge is -2.61. The molecule has 8 heteroatoms. The van der Waals surface area contributed by atoms with Crippen molar-refractivity contribution < 1.29 is 39.2 Å². The topological polar surface area (TPSA) is 130 Å². The lowest BCUT2D eigenvalue weighted by molar-refractivity contribution is -0.243. The fraction of sp³-hybridized carbons (Fsp3) is 0.550. The number of hydrogen-bond acceptors (Lipinski definition) is 7. The number of carboxylic acids is 1. The Morgan fingerprint density at radius 3 is 2.64 bits per heavy atom. The number of carboxylic acid groups (broad SMARTS) is 1. The summed E-state index contributed by atoms with van der Waals surface area (Å²) in [5.74, 6) is -3.04. The molecule has 0 unspecified atom stereocenters. The zero-order valence-electron chi connectivity index (χ0n) is 15.5. The van der Waals surface area contributed by atoms with E-state index >= 15 is 0 Å². The minimum Gasteiger partial charge on any atom is -0.478 e. The summed E-state index contributed by atoms with van der Waals surface area (Å²) in [6.45, 7) is 3.05. The zero-order valence-corrected chi connectivity index (χ0v) is 15.5. The summed E-state index contributed by atoms with van der Waals surface area (Å²) in [6, 6.07) is 0. The highest BCUT2D eigenvalue weighted by molar-refractivity contribution is 5.94. The van der Waals surface area contributed by atoms with Crippen molar-refractivity contribution in [1.29, 1.82) is 0 Å². The van der Waals surface area contributed by atoms with Gasteiger partial charge in [0.1, 0.15) is 12.2 Å². The minimum absolute atomic E-state index is 0.0469. The van der Waals surface area contributed by atoms with E-state index in [4.69, 9.17) is 14.6 Å². The van der Waals surface area contributed by atoms with Crippen LogP contribution in [-0.4, -0.2) is 57.6 Å². The van der Waals surface area contributed by atoms with Crippen molar-refractivity contribution in [2.75, 3.05) is 6.61 Å². The number of carbonyl (C=O) groups excluding carboxylic acids is 2. The van der Waals surface area contributed by atoms with Gasteiger partial charge in [-0.2, -0.15) is 0 Å². The Kier molecular flexibility index (Phi) is 3.90. The number of fused-ring (bicyclic) bond motifs is 2. The molecular weight excluding hydrogens is 368 g/mol. The van der Waals surface area contributed by atoms with E-state index in [1.54, 1.807) is 19.1 Å². The Morgan fingerprint density at radius 1 is 1.29 bits per heavy atom. The van der Waals surface area contributed by atoms with E-state index in [0.29, 0.717) is 5.57 Å². The summed E-state index contributed by atoms with van der Waals surface area (Å²) in [7, 11) is 0. The van der Waals surface area contributed by atoms with Crippen molar-refractivity contribution in [3.63, 3.8) is 0 Å². The van der Waals surface area contributed by atoms with Gasteiger partial charge in [0.25, 0.3) is 0 Å². The first-order valence-electron chi connectivity index (χ1n) is 9.15. The van der Waals surface area contributed by atoms with Crippen molar-refractivity contribution in [2.45, 2.75) is 44.5 Å². The highest BCUT2D eigenvalue weighted by atomic mass is 16.6. The molecule has 1 saturated carbocycles. The quantitative estimate of drug-likeness (QED) is 0.469. The van der Waals surface area contributed by atoms with Gasteiger partial charge in [0.2, 0.25) is 0 Å². The average molecular weight is 390 g/mol. The van der Waals surface area contributed by atoms with E-state index in [1.807, 2.05) is 13.0 Å². The Bertz CT molecular complexity index is 869. The predicted octanol–water partition coefficient (Wildman–Crippen LogP) is 0.490. The van der Waals surface area contributed by atoms with Crippen molar-refractivity contribution in [3.8, 4) is 0 Å². The maximum absolute atomic E-state index is 12.9. The van der Waals surface area contributed by atoms with Gasteiger partial charge in [-0.1, -0.05) is 32.1 Å². The van der Waals surface area contributed by atoms with Gasteiger partial charge in [0, 0.05) is 34.5 Å². The number of allylic oxidation sites excluding steroid dienone is 3. The monoisotopic (exact) mass is 390 g/mol. The molecule has 3 N–H and O–H groups in total. The molecule has 0 aromatic rings. The molecule has 0 aromatic heterocycles. The number of aliphatic hydroxyl groups is 2. The molecule has 28 heavy (non-hydrogen) atoms. The summed E-state index contributed by atoms with van der Waals surface area (Å²) in [5.41, 5.74) is -3.13. The Hall–Kier alpha value is -2.45. The third-order valence-corrected chi connectivity index (χ3v) is 7.14. The van der Waals surface area contributed by atoms with Gasteiger partial charge in [-0.05, 0) is 12.3 Å². The molecule has 3 fully saturated rings. The van der Waals surface area contributed by atoms with Crippen LogP contribution in [-0.2, 0) is 23.9 Å². The number of aliphatic carboxylic acids is 1. The van der Waals surface area contributed by atoms with Gasteiger partial charge in [-0.25, -0.2) is 14.4 Å². The van der Waals surface area contributed by atoms with Crippen molar-refractivity contribution in [1.82, 2.24) is 0 Å². The van der Waals surface area contributed by atoms with Crippen LogP contribution >= 0.6 is 0 Å². The standard InChI is InChI=1S/C20H22O8/c1-18-7-12(10(9-21)6-15(22)23)27-17(25)20(18,26)8-14-19(2)11(16(24)28-14)4-3-5-13(18)19/h3-6,12-14,21,26H,7-9H2,1-2H3,(H,22,23)/b10-6+/t12-,13+,14-,18-,19+,20+/m0/s1. The van der Waals surface area contributed by atoms with Crippen LogP contribution in [0.25, 0.3) is 0 Å². The highest BCUT2D eigenvalue weighted by Crippen LogP contribution is 2.66. The lowest BCUT2D eigenvalue weighted by Crippen LogP contribution is -2.70. The molecule has 0 spiro atoms. The van der Waals surface area contributed by atoms with E-state index in [1.165, 1.54) is 0 Å². The second-order valence-corrected chi connectivity index (χ2v) is 8.42. The van der Waals surface area contributed by atoms with Gasteiger partial charge in [-0.3, -0.25) is 0 Å². The van der Waals surface area contributed by atoms with Crippen LogP contribution in [0.3, 0.4) is 0 Å². The summed E-state index contributed by atoms with van der Waals surface area (Å²) in [6.07, 6.45) is 4.45. The van der Waals surface area contributed by atoms with Crippen LogP contribution in [0.15, 0.2) is 35.5 Å². The number of aliphatic hydroxyl groups excluding tert-OH is 1. The molecule has 0 aromatic carbocycles. The Labute approximate surface area is 161 Å².